The normalized spacial score (nSPS) is 30.7. The van der Waals surface area contributed by atoms with Crippen molar-refractivity contribution >= 4 is 0 Å². The average molecular weight is 367 g/mol. The second-order valence-electron chi connectivity index (χ2n) is 10.6. The Hall–Kier alpha value is -1.12. The van der Waals surface area contributed by atoms with Crippen LogP contribution in [0, 0.1) is 11.8 Å². The topological polar surface area (TPSA) is 6.48 Å². The molecule has 1 aliphatic carbocycles. The lowest BCUT2D eigenvalue weighted by Gasteiger charge is -2.54. The van der Waals surface area contributed by atoms with Crippen LogP contribution < -0.4 is 0 Å². The van der Waals surface area contributed by atoms with E-state index >= 15 is 0 Å². The van der Waals surface area contributed by atoms with Gasteiger partial charge >= 0.3 is 0 Å². The number of benzene rings is 1. The van der Waals surface area contributed by atoms with E-state index in [0.29, 0.717) is 11.1 Å². The Morgan fingerprint density at radius 3 is 2.30 bits per heavy atom. The highest BCUT2D eigenvalue weighted by atomic mass is 15.3. The summed E-state index contributed by atoms with van der Waals surface area (Å²) in [5, 5.41) is 0. The molecular weight excluding hydrogens is 328 g/mol. The predicted octanol–water partition coefficient (Wildman–Crippen LogP) is 5.50. The fourth-order valence-corrected chi connectivity index (χ4v) is 6.15. The van der Waals surface area contributed by atoms with Gasteiger partial charge in [0.2, 0.25) is 0 Å². The number of piperidine rings is 2. The molecule has 27 heavy (non-hydrogen) atoms. The molecule has 0 amide bonds. The summed E-state index contributed by atoms with van der Waals surface area (Å²) in [5.74, 6) is 1.61. The molecule has 0 aromatic heterocycles. The SMILES string of the molecule is CC1(C)CCCC(C)(C)N1CC1=CC2CC(C1)CN(Cc1ccccc1)C2. The highest BCUT2D eigenvalue weighted by molar-refractivity contribution is 5.18. The zero-order valence-electron chi connectivity index (χ0n) is 17.9. The van der Waals surface area contributed by atoms with Crippen molar-refractivity contribution in [3.63, 3.8) is 0 Å². The van der Waals surface area contributed by atoms with Crippen LogP contribution in [-0.4, -0.2) is 40.5 Å². The van der Waals surface area contributed by atoms with Crippen molar-refractivity contribution in [2.75, 3.05) is 19.6 Å². The van der Waals surface area contributed by atoms with Gasteiger partial charge in [-0.05, 0) is 77.2 Å². The lowest BCUT2D eigenvalue weighted by atomic mass is 9.76. The van der Waals surface area contributed by atoms with Crippen LogP contribution in [0.4, 0.5) is 0 Å². The second kappa shape index (κ2) is 7.37. The first-order chi connectivity index (χ1) is 12.8. The van der Waals surface area contributed by atoms with Gasteiger partial charge in [-0.25, -0.2) is 0 Å². The zero-order chi connectivity index (χ0) is 19.1. The molecule has 2 bridgehead atoms. The molecule has 4 rings (SSSR count). The van der Waals surface area contributed by atoms with Crippen molar-refractivity contribution in [2.45, 2.75) is 77.4 Å². The minimum atomic E-state index is 0.328. The highest BCUT2D eigenvalue weighted by Crippen LogP contribution is 2.41. The van der Waals surface area contributed by atoms with E-state index in [0.717, 1.165) is 18.4 Å². The molecule has 148 valence electrons. The summed E-state index contributed by atoms with van der Waals surface area (Å²) in [6.07, 6.45) is 9.42. The molecule has 1 aromatic carbocycles. The molecule has 2 atom stereocenters. The largest absolute Gasteiger partial charge is 0.298 e. The van der Waals surface area contributed by atoms with E-state index in [2.05, 4.69) is 73.9 Å². The van der Waals surface area contributed by atoms with Gasteiger partial charge in [-0.3, -0.25) is 9.80 Å². The molecule has 0 N–H and O–H groups in total. The molecule has 0 spiro atoms. The molecule has 2 nitrogen and oxygen atoms in total. The summed E-state index contributed by atoms with van der Waals surface area (Å²) >= 11 is 0. The van der Waals surface area contributed by atoms with Gasteiger partial charge in [-0.2, -0.15) is 0 Å². The van der Waals surface area contributed by atoms with Crippen LogP contribution in [0.2, 0.25) is 0 Å². The standard InChI is InChI=1S/C25H38N2/c1-24(2)11-8-12-25(3,4)27(24)19-23-14-21-13-22(15-23)18-26(17-21)16-20-9-6-5-7-10-20/h5-7,9-10,14,21-22H,8,11-13,15-19H2,1-4H3. The summed E-state index contributed by atoms with van der Waals surface area (Å²) < 4.78 is 0. The number of nitrogens with zero attached hydrogens (tertiary/aromatic N) is 2. The summed E-state index contributed by atoms with van der Waals surface area (Å²) in [7, 11) is 0. The molecular formula is C25H38N2. The highest BCUT2D eigenvalue weighted by Gasteiger charge is 2.42. The van der Waals surface area contributed by atoms with Crippen molar-refractivity contribution in [3.05, 3.63) is 47.5 Å². The quantitative estimate of drug-likeness (QED) is 0.649. The van der Waals surface area contributed by atoms with E-state index in [-0.39, 0.29) is 0 Å². The Balaban J connectivity index is 1.43. The van der Waals surface area contributed by atoms with E-state index in [9.17, 15) is 0 Å². The van der Waals surface area contributed by atoms with Gasteiger partial charge in [0, 0.05) is 37.3 Å². The van der Waals surface area contributed by atoms with Crippen LogP contribution in [-0.2, 0) is 6.54 Å². The summed E-state index contributed by atoms with van der Waals surface area (Å²) in [6.45, 7) is 14.6. The molecule has 0 saturated carbocycles. The van der Waals surface area contributed by atoms with E-state index in [4.69, 9.17) is 0 Å². The minimum Gasteiger partial charge on any atom is -0.298 e. The first kappa shape index (κ1) is 19.2. The van der Waals surface area contributed by atoms with Crippen LogP contribution in [0.5, 0.6) is 0 Å². The summed E-state index contributed by atoms with van der Waals surface area (Å²) in [4.78, 5) is 5.51. The number of fused-ring (bicyclic) bond motifs is 2. The van der Waals surface area contributed by atoms with Crippen molar-refractivity contribution in [3.8, 4) is 0 Å². The maximum absolute atomic E-state index is 2.82. The maximum Gasteiger partial charge on any atom is 0.0234 e. The van der Waals surface area contributed by atoms with Gasteiger partial charge < -0.3 is 0 Å². The smallest absolute Gasteiger partial charge is 0.0234 e. The van der Waals surface area contributed by atoms with Gasteiger partial charge in [-0.15, -0.1) is 0 Å². The van der Waals surface area contributed by atoms with E-state index in [1.165, 1.54) is 57.3 Å². The molecule has 2 unspecified atom stereocenters. The van der Waals surface area contributed by atoms with Crippen LogP contribution in [0.3, 0.4) is 0 Å². The Kier molecular flexibility index (Phi) is 5.24. The molecule has 2 saturated heterocycles. The van der Waals surface area contributed by atoms with E-state index in [1.807, 2.05) is 0 Å². The first-order valence-corrected chi connectivity index (χ1v) is 11.1. The number of hydrogen-bond donors (Lipinski definition) is 0. The van der Waals surface area contributed by atoms with Crippen molar-refractivity contribution < 1.29 is 0 Å². The van der Waals surface area contributed by atoms with Gasteiger partial charge in [0.25, 0.3) is 0 Å². The fourth-order valence-electron chi connectivity index (χ4n) is 6.15. The van der Waals surface area contributed by atoms with Crippen LogP contribution >= 0.6 is 0 Å². The van der Waals surface area contributed by atoms with E-state index < -0.39 is 0 Å². The van der Waals surface area contributed by atoms with Crippen LogP contribution in [0.15, 0.2) is 42.0 Å². The molecule has 3 aliphatic rings. The minimum absolute atomic E-state index is 0.328. The van der Waals surface area contributed by atoms with Gasteiger partial charge in [0.15, 0.2) is 0 Å². The van der Waals surface area contributed by atoms with Gasteiger partial charge in [0.1, 0.15) is 0 Å². The molecule has 2 aliphatic heterocycles. The van der Waals surface area contributed by atoms with Gasteiger partial charge in [0.05, 0.1) is 0 Å². The third kappa shape index (κ3) is 4.32. The number of rotatable bonds is 4. The molecule has 2 heteroatoms. The Morgan fingerprint density at radius 2 is 1.63 bits per heavy atom. The van der Waals surface area contributed by atoms with Crippen molar-refractivity contribution in [1.29, 1.82) is 0 Å². The van der Waals surface area contributed by atoms with Crippen molar-refractivity contribution in [1.82, 2.24) is 9.80 Å². The number of hydrogen-bond acceptors (Lipinski definition) is 2. The Morgan fingerprint density at radius 1 is 0.926 bits per heavy atom. The summed E-state index contributed by atoms with van der Waals surface area (Å²) in [5.41, 5.74) is 3.83. The predicted molar refractivity (Wildman–Crippen MR) is 115 cm³/mol. The molecule has 0 radical (unpaired) electrons. The monoisotopic (exact) mass is 366 g/mol. The first-order valence-electron chi connectivity index (χ1n) is 11.1. The van der Waals surface area contributed by atoms with Gasteiger partial charge in [-0.1, -0.05) is 42.0 Å². The Bertz CT molecular complexity index is 657. The second-order valence-corrected chi connectivity index (χ2v) is 10.6. The van der Waals surface area contributed by atoms with E-state index in [1.54, 1.807) is 5.57 Å². The zero-order valence-corrected chi connectivity index (χ0v) is 17.9. The number of likely N-dealkylation sites (tertiary alicyclic amines) is 2. The lowest BCUT2D eigenvalue weighted by molar-refractivity contribution is -0.0206. The lowest BCUT2D eigenvalue weighted by Crippen LogP contribution is -2.59. The third-order valence-corrected chi connectivity index (χ3v) is 7.32. The maximum atomic E-state index is 2.82. The average Bonchev–Trinajstić information content (AvgIpc) is 2.58. The van der Waals surface area contributed by atoms with Crippen LogP contribution in [0.1, 0.15) is 65.4 Å². The Labute approximate surface area is 166 Å². The third-order valence-electron chi connectivity index (χ3n) is 7.32. The molecule has 1 aromatic rings. The fraction of sp³-hybridized carbons (Fsp3) is 0.680. The van der Waals surface area contributed by atoms with Crippen molar-refractivity contribution in [2.24, 2.45) is 11.8 Å². The molecule has 2 heterocycles. The van der Waals surface area contributed by atoms with Crippen LogP contribution in [0.25, 0.3) is 0 Å². The molecule has 2 fully saturated rings. The summed E-state index contributed by atoms with van der Waals surface area (Å²) in [6, 6.07) is 11.0.